The lowest BCUT2D eigenvalue weighted by molar-refractivity contribution is -0.137. The number of benzene rings is 1. The van der Waals surface area contributed by atoms with Gasteiger partial charge in [0.25, 0.3) is 0 Å². The van der Waals surface area contributed by atoms with Gasteiger partial charge in [-0.2, -0.15) is 13.2 Å². The Kier molecular flexibility index (Phi) is 4.49. The molecule has 0 aromatic heterocycles. The second kappa shape index (κ2) is 5.44. The predicted octanol–water partition coefficient (Wildman–Crippen LogP) is 4.16. The van der Waals surface area contributed by atoms with E-state index in [2.05, 4.69) is 5.32 Å². The largest absolute Gasteiger partial charge is 0.417 e. The highest BCUT2D eigenvalue weighted by atomic mass is 35.5. The van der Waals surface area contributed by atoms with Crippen LogP contribution in [-0.4, -0.2) is 12.2 Å². The van der Waals surface area contributed by atoms with Crippen LogP contribution in [0.5, 0.6) is 0 Å². The summed E-state index contributed by atoms with van der Waals surface area (Å²) in [4.78, 5) is 22.8. The molecule has 1 amide bonds. The van der Waals surface area contributed by atoms with Gasteiger partial charge in [-0.25, -0.2) is 0 Å². The number of rotatable bonds is 2. The Labute approximate surface area is 119 Å². The van der Waals surface area contributed by atoms with E-state index in [0.717, 1.165) is 6.07 Å². The molecule has 0 aliphatic heterocycles. The van der Waals surface area contributed by atoms with E-state index in [-0.39, 0.29) is 17.0 Å². The van der Waals surface area contributed by atoms with Crippen LogP contribution in [0.15, 0.2) is 12.1 Å². The van der Waals surface area contributed by atoms with E-state index in [9.17, 15) is 22.8 Å². The molecule has 20 heavy (non-hydrogen) atoms. The average Bonchev–Trinajstić information content (AvgIpc) is 2.28. The van der Waals surface area contributed by atoms with Crippen molar-refractivity contribution >= 4 is 29.5 Å². The number of anilines is 1. The first-order valence-corrected chi connectivity index (χ1v) is 6.02. The van der Waals surface area contributed by atoms with Crippen molar-refractivity contribution in [2.24, 2.45) is 5.41 Å². The fraction of sp³-hybridized carbons (Fsp3) is 0.385. The molecular formula is C13H13ClF3NO2. The van der Waals surface area contributed by atoms with Gasteiger partial charge in [0.15, 0.2) is 6.29 Å². The minimum absolute atomic E-state index is 0.0347. The molecule has 0 radical (unpaired) electrons. The fourth-order valence-electron chi connectivity index (χ4n) is 1.39. The predicted molar refractivity (Wildman–Crippen MR) is 69.9 cm³/mol. The first-order valence-electron chi connectivity index (χ1n) is 5.65. The van der Waals surface area contributed by atoms with Gasteiger partial charge in [-0.1, -0.05) is 32.4 Å². The van der Waals surface area contributed by atoms with E-state index >= 15 is 0 Å². The Morgan fingerprint density at radius 2 is 1.80 bits per heavy atom. The van der Waals surface area contributed by atoms with Crippen molar-refractivity contribution < 1.29 is 22.8 Å². The summed E-state index contributed by atoms with van der Waals surface area (Å²) in [5.74, 6) is -0.540. The van der Waals surface area contributed by atoms with E-state index in [0.29, 0.717) is 6.07 Å². The van der Waals surface area contributed by atoms with Crippen molar-refractivity contribution in [3.8, 4) is 0 Å². The van der Waals surface area contributed by atoms with E-state index < -0.39 is 28.6 Å². The third kappa shape index (κ3) is 3.50. The third-order valence-electron chi connectivity index (χ3n) is 2.54. The molecule has 0 saturated heterocycles. The molecule has 3 nitrogen and oxygen atoms in total. The smallest absolute Gasteiger partial charge is 0.324 e. The number of hydrogen-bond acceptors (Lipinski definition) is 2. The monoisotopic (exact) mass is 307 g/mol. The highest BCUT2D eigenvalue weighted by Gasteiger charge is 2.35. The molecule has 1 N–H and O–H groups in total. The first-order chi connectivity index (χ1) is 8.98. The lowest BCUT2D eigenvalue weighted by Crippen LogP contribution is -2.28. The van der Waals surface area contributed by atoms with Gasteiger partial charge in [0.1, 0.15) is 0 Å². The van der Waals surface area contributed by atoms with Gasteiger partial charge in [-0.15, -0.1) is 0 Å². The van der Waals surface area contributed by atoms with Crippen molar-refractivity contribution in [2.75, 3.05) is 5.32 Å². The number of hydrogen-bond donors (Lipinski definition) is 1. The molecular weight excluding hydrogens is 295 g/mol. The Morgan fingerprint density at radius 1 is 1.25 bits per heavy atom. The molecule has 0 spiro atoms. The third-order valence-corrected chi connectivity index (χ3v) is 2.85. The molecule has 110 valence electrons. The van der Waals surface area contributed by atoms with Crippen LogP contribution in [0.1, 0.15) is 36.7 Å². The standard InChI is InChI=1S/C13H13ClF3NO2/c1-12(2,3)11(20)18-10-7(6-19)8(13(15,16)17)4-5-9(10)14/h4-6H,1-3H3,(H,18,20). The van der Waals surface area contributed by atoms with Crippen molar-refractivity contribution in [3.63, 3.8) is 0 Å². The van der Waals surface area contributed by atoms with Crippen LogP contribution in [-0.2, 0) is 11.0 Å². The average molecular weight is 308 g/mol. The lowest BCUT2D eigenvalue weighted by atomic mass is 9.95. The molecule has 1 aromatic carbocycles. The fourth-order valence-corrected chi connectivity index (χ4v) is 1.60. The molecule has 0 saturated carbocycles. The molecule has 0 unspecified atom stereocenters. The number of carbonyl (C=O) groups excluding carboxylic acids is 2. The number of nitrogens with one attached hydrogen (secondary N) is 1. The summed E-state index contributed by atoms with van der Waals surface area (Å²) in [5, 5.41) is 2.15. The maximum atomic E-state index is 12.8. The van der Waals surface area contributed by atoms with E-state index in [1.807, 2.05) is 0 Å². The Balaban J connectivity index is 3.39. The minimum atomic E-state index is -4.71. The molecule has 0 aliphatic rings. The zero-order valence-corrected chi connectivity index (χ0v) is 11.8. The van der Waals surface area contributed by atoms with Gasteiger partial charge in [0, 0.05) is 5.41 Å². The maximum Gasteiger partial charge on any atom is 0.417 e. The molecule has 0 fully saturated rings. The number of carbonyl (C=O) groups is 2. The van der Waals surface area contributed by atoms with Gasteiger partial charge in [0.05, 0.1) is 21.8 Å². The number of halogens is 4. The van der Waals surface area contributed by atoms with Crippen LogP contribution < -0.4 is 5.32 Å². The Bertz CT molecular complexity index is 548. The van der Waals surface area contributed by atoms with Crippen LogP contribution in [0.2, 0.25) is 5.02 Å². The van der Waals surface area contributed by atoms with Gasteiger partial charge in [0.2, 0.25) is 5.91 Å². The first kappa shape index (κ1) is 16.5. The van der Waals surface area contributed by atoms with E-state index in [4.69, 9.17) is 11.6 Å². The number of aldehydes is 1. The summed E-state index contributed by atoms with van der Waals surface area (Å²) in [6.07, 6.45) is -4.67. The van der Waals surface area contributed by atoms with Crippen molar-refractivity contribution in [1.29, 1.82) is 0 Å². The Hall–Kier alpha value is -1.56. The minimum Gasteiger partial charge on any atom is -0.324 e. The highest BCUT2D eigenvalue weighted by Crippen LogP contribution is 2.38. The van der Waals surface area contributed by atoms with Crippen molar-refractivity contribution in [3.05, 3.63) is 28.3 Å². The summed E-state index contributed by atoms with van der Waals surface area (Å²) in [6.45, 7) is 4.76. The number of alkyl halides is 3. The molecule has 7 heteroatoms. The van der Waals surface area contributed by atoms with Crippen LogP contribution in [0.4, 0.5) is 18.9 Å². The van der Waals surface area contributed by atoms with Crippen LogP contribution in [0.3, 0.4) is 0 Å². The summed E-state index contributed by atoms with van der Waals surface area (Å²) >= 11 is 5.78. The van der Waals surface area contributed by atoms with Gasteiger partial charge in [-0.3, -0.25) is 9.59 Å². The zero-order chi connectivity index (χ0) is 15.7. The van der Waals surface area contributed by atoms with E-state index in [1.54, 1.807) is 20.8 Å². The SMILES string of the molecule is CC(C)(C)C(=O)Nc1c(Cl)ccc(C(F)(F)F)c1C=O. The van der Waals surface area contributed by atoms with Crippen molar-refractivity contribution in [1.82, 2.24) is 0 Å². The second-order valence-corrected chi connectivity index (χ2v) is 5.61. The summed E-state index contributed by atoms with van der Waals surface area (Å²) < 4.78 is 38.4. The Morgan fingerprint density at radius 3 is 2.20 bits per heavy atom. The van der Waals surface area contributed by atoms with Gasteiger partial charge < -0.3 is 5.32 Å². The summed E-state index contributed by atoms with van der Waals surface area (Å²) in [6, 6.07) is 1.70. The van der Waals surface area contributed by atoms with Crippen LogP contribution in [0.25, 0.3) is 0 Å². The topological polar surface area (TPSA) is 46.2 Å². The molecule has 0 aliphatic carbocycles. The highest BCUT2D eigenvalue weighted by molar-refractivity contribution is 6.34. The second-order valence-electron chi connectivity index (χ2n) is 5.20. The van der Waals surface area contributed by atoms with Crippen LogP contribution >= 0.6 is 11.6 Å². The molecule has 1 rings (SSSR count). The molecule has 0 bridgehead atoms. The molecule has 0 atom stereocenters. The summed E-state index contributed by atoms with van der Waals surface area (Å²) in [7, 11) is 0. The number of amides is 1. The molecule has 0 heterocycles. The maximum absolute atomic E-state index is 12.8. The zero-order valence-electron chi connectivity index (χ0n) is 11.1. The van der Waals surface area contributed by atoms with E-state index in [1.165, 1.54) is 0 Å². The lowest BCUT2D eigenvalue weighted by Gasteiger charge is -2.20. The van der Waals surface area contributed by atoms with Gasteiger partial charge >= 0.3 is 6.18 Å². The van der Waals surface area contributed by atoms with Crippen molar-refractivity contribution in [2.45, 2.75) is 26.9 Å². The quantitative estimate of drug-likeness (QED) is 0.834. The normalized spacial score (nSPS) is 12.2. The van der Waals surface area contributed by atoms with Crippen LogP contribution in [0, 0.1) is 5.41 Å². The summed E-state index contributed by atoms with van der Waals surface area (Å²) in [5.41, 5.74) is -2.97. The van der Waals surface area contributed by atoms with Gasteiger partial charge in [-0.05, 0) is 12.1 Å². The molecule has 1 aromatic rings.